The van der Waals surface area contributed by atoms with E-state index in [1.807, 2.05) is 60.8 Å². The predicted molar refractivity (Wildman–Crippen MR) is 145 cm³/mol. The molecule has 5 rings (SSSR count). The second-order valence-electron chi connectivity index (χ2n) is 9.20. The number of benzene rings is 3. The summed E-state index contributed by atoms with van der Waals surface area (Å²) in [4.78, 5) is 17.4. The Labute approximate surface area is 216 Å². The first-order chi connectivity index (χ1) is 17.8. The van der Waals surface area contributed by atoms with Gasteiger partial charge in [-0.2, -0.15) is 4.31 Å². The number of fused-ring (bicyclic) bond motifs is 1. The molecule has 1 aliphatic rings. The maximum Gasteiger partial charge on any atom is 0.336 e. The summed E-state index contributed by atoms with van der Waals surface area (Å²) in [5.74, 6) is 5.38. The van der Waals surface area contributed by atoms with Crippen LogP contribution in [0, 0.1) is 11.8 Å². The molecule has 1 fully saturated rings. The van der Waals surface area contributed by atoms with Crippen molar-refractivity contribution in [3.63, 3.8) is 0 Å². The van der Waals surface area contributed by atoms with Crippen LogP contribution in [0.2, 0.25) is 0 Å². The normalized spacial score (nSPS) is 14.8. The Hall–Kier alpha value is -3.90. The van der Waals surface area contributed by atoms with Crippen molar-refractivity contribution in [2.75, 3.05) is 32.4 Å². The minimum Gasteiger partial charge on any atom is -0.478 e. The molecule has 4 aromatic rings. The molecule has 37 heavy (non-hydrogen) atoms. The van der Waals surface area contributed by atoms with E-state index in [1.54, 1.807) is 12.1 Å². The first-order valence-electron chi connectivity index (χ1n) is 12.0. The maximum absolute atomic E-state index is 12.0. The van der Waals surface area contributed by atoms with Crippen molar-refractivity contribution in [3.05, 3.63) is 95.2 Å². The van der Waals surface area contributed by atoms with E-state index in [-0.39, 0.29) is 5.56 Å². The molecule has 0 amide bonds. The molecule has 0 spiro atoms. The van der Waals surface area contributed by atoms with Gasteiger partial charge in [0.15, 0.2) is 0 Å². The van der Waals surface area contributed by atoms with Crippen LogP contribution in [0.5, 0.6) is 0 Å². The largest absolute Gasteiger partial charge is 0.478 e. The smallest absolute Gasteiger partial charge is 0.336 e. The third-order valence-electron chi connectivity index (χ3n) is 6.64. The van der Waals surface area contributed by atoms with Gasteiger partial charge < -0.3 is 10.1 Å². The summed E-state index contributed by atoms with van der Waals surface area (Å²) < 4.78 is 24.9. The van der Waals surface area contributed by atoms with Gasteiger partial charge in [-0.25, -0.2) is 13.2 Å². The van der Waals surface area contributed by atoms with Gasteiger partial charge in [0.2, 0.25) is 10.0 Å². The summed E-state index contributed by atoms with van der Waals surface area (Å²) in [6.45, 7) is 3.17. The number of hydrogen-bond acceptors (Lipinski definition) is 4. The molecule has 1 aliphatic heterocycles. The molecule has 0 saturated carbocycles. The molecule has 188 valence electrons. The first-order valence-corrected chi connectivity index (χ1v) is 13.8. The highest BCUT2D eigenvalue weighted by Gasteiger charge is 2.23. The number of carboxylic acids is 1. The molecule has 8 heteroatoms. The van der Waals surface area contributed by atoms with Crippen LogP contribution in [0.3, 0.4) is 0 Å². The SMILES string of the molecule is CS(=O)(=O)N1CCN(Cc2ccc(C#Cc3cccc(C(=O)O)c3-c3ccc4cc[nH]c4c3)cc2)CC1. The minimum atomic E-state index is -3.14. The van der Waals surface area contributed by atoms with Crippen molar-refractivity contribution >= 4 is 26.9 Å². The minimum absolute atomic E-state index is 0.212. The summed E-state index contributed by atoms with van der Waals surface area (Å²) >= 11 is 0. The molecule has 0 aliphatic carbocycles. The topological polar surface area (TPSA) is 93.7 Å². The molecule has 0 radical (unpaired) electrons. The molecule has 1 aromatic heterocycles. The van der Waals surface area contributed by atoms with E-state index in [2.05, 4.69) is 21.7 Å². The maximum atomic E-state index is 12.0. The third-order valence-corrected chi connectivity index (χ3v) is 7.94. The Bertz CT molecular complexity index is 1620. The summed E-state index contributed by atoms with van der Waals surface area (Å²) in [7, 11) is -3.14. The molecule has 0 atom stereocenters. The summed E-state index contributed by atoms with van der Waals surface area (Å²) in [6.07, 6.45) is 3.11. The second-order valence-corrected chi connectivity index (χ2v) is 11.2. The van der Waals surface area contributed by atoms with Crippen molar-refractivity contribution in [1.82, 2.24) is 14.2 Å². The van der Waals surface area contributed by atoms with Crippen LogP contribution in [0.4, 0.5) is 0 Å². The Morgan fingerprint density at radius 2 is 1.73 bits per heavy atom. The number of carboxylic acid groups (broad SMARTS) is 1. The van der Waals surface area contributed by atoms with Gasteiger partial charge in [-0.15, -0.1) is 0 Å². The lowest BCUT2D eigenvalue weighted by Gasteiger charge is -2.33. The van der Waals surface area contributed by atoms with Gasteiger partial charge in [-0.05, 0) is 52.9 Å². The van der Waals surface area contributed by atoms with E-state index in [0.717, 1.165) is 34.1 Å². The number of aromatic nitrogens is 1. The van der Waals surface area contributed by atoms with E-state index in [0.29, 0.717) is 37.3 Å². The number of sulfonamides is 1. The van der Waals surface area contributed by atoms with Gasteiger partial charge in [-0.3, -0.25) is 4.90 Å². The summed E-state index contributed by atoms with van der Waals surface area (Å²) in [5.41, 5.74) is 5.16. The van der Waals surface area contributed by atoms with Crippen LogP contribution in [-0.2, 0) is 16.6 Å². The second kappa shape index (κ2) is 10.2. The van der Waals surface area contributed by atoms with E-state index in [4.69, 9.17) is 0 Å². The fourth-order valence-electron chi connectivity index (χ4n) is 4.66. The van der Waals surface area contributed by atoms with E-state index in [1.165, 1.54) is 10.6 Å². The number of nitrogens with one attached hydrogen (secondary N) is 1. The van der Waals surface area contributed by atoms with Gasteiger partial charge >= 0.3 is 5.97 Å². The lowest BCUT2D eigenvalue weighted by molar-refractivity contribution is 0.0697. The van der Waals surface area contributed by atoms with Crippen LogP contribution in [0.25, 0.3) is 22.0 Å². The summed E-state index contributed by atoms with van der Waals surface area (Å²) in [6, 6.07) is 21.0. The number of H-pyrrole nitrogens is 1. The van der Waals surface area contributed by atoms with E-state index >= 15 is 0 Å². The van der Waals surface area contributed by atoms with Gasteiger partial charge in [0.1, 0.15) is 0 Å². The average Bonchev–Trinajstić information content (AvgIpc) is 3.36. The van der Waals surface area contributed by atoms with Gasteiger partial charge in [0, 0.05) is 61.1 Å². The Balaban J connectivity index is 1.36. The van der Waals surface area contributed by atoms with Crippen molar-refractivity contribution in [2.45, 2.75) is 6.54 Å². The number of piperazine rings is 1. The number of carbonyl (C=O) groups is 1. The number of aromatic carboxylic acids is 1. The third kappa shape index (κ3) is 5.59. The monoisotopic (exact) mass is 513 g/mol. The predicted octanol–water partition coefficient (Wildman–Crippen LogP) is 4.01. The fraction of sp³-hybridized carbons (Fsp3) is 0.207. The number of hydrogen-bond donors (Lipinski definition) is 2. The van der Waals surface area contributed by atoms with E-state index in [9.17, 15) is 18.3 Å². The molecule has 0 unspecified atom stereocenters. The number of nitrogens with zero attached hydrogens (tertiary/aromatic N) is 2. The van der Waals surface area contributed by atoms with Crippen molar-refractivity contribution in [3.8, 4) is 23.0 Å². The Kier molecular flexibility index (Phi) is 6.85. The highest BCUT2D eigenvalue weighted by molar-refractivity contribution is 7.88. The van der Waals surface area contributed by atoms with Crippen molar-refractivity contribution in [2.24, 2.45) is 0 Å². The lowest BCUT2D eigenvalue weighted by atomic mass is 9.93. The zero-order valence-electron chi connectivity index (χ0n) is 20.4. The van der Waals surface area contributed by atoms with E-state index < -0.39 is 16.0 Å². The first kappa shape index (κ1) is 24.8. The standard InChI is InChI=1S/C29H27N3O4S/c1-37(35,36)32-17-15-31(16-18-32)20-22-7-5-21(6-8-22)9-10-24-3-2-4-26(29(33)34)28(24)25-12-11-23-13-14-30-27(23)19-25/h2-8,11-14,19,30H,15-18,20H2,1H3,(H,33,34). The molecule has 1 saturated heterocycles. The van der Waals surface area contributed by atoms with Crippen molar-refractivity contribution < 1.29 is 18.3 Å². The molecule has 2 N–H and O–H groups in total. The molecule has 0 bridgehead atoms. The highest BCUT2D eigenvalue weighted by atomic mass is 32.2. The molecule has 2 heterocycles. The Morgan fingerprint density at radius 1 is 0.973 bits per heavy atom. The van der Waals surface area contributed by atoms with Crippen LogP contribution in [0.1, 0.15) is 27.0 Å². The zero-order chi connectivity index (χ0) is 26.0. The van der Waals surface area contributed by atoms with Crippen LogP contribution >= 0.6 is 0 Å². The Morgan fingerprint density at radius 3 is 2.43 bits per heavy atom. The molecule has 7 nitrogen and oxygen atoms in total. The molecule has 3 aromatic carbocycles. The van der Waals surface area contributed by atoms with Crippen LogP contribution in [0.15, 0.2) is 72.9 Å². The highest BCUT2D eigenvalue weighted by Crippen LogP contribution is 2.30. The lowest BCUT2D eigenvalue weighted by Crippen LogP contribution is -2.47. The number of rotatable bonds is 5. The molecular weight excluding hydrogens is 486 g/mol. The zero-order valence-corrected chi connectivity index (χ0v) is 21.3. The van der Waals surface area contributed by atoms with Gasteiger partial charge in [0.05, 0.1) is 11.8 Å². The fourth-order valence-corrected chi connectivity index (χ4v) is 5.49. The molecular formula is C29H27N3O4S. The number of aromatic amines is 1. The summed E-state index contributed by atoms with van der Waals surface area (Å²) in [5, 5.41) is 10.9. The van der Waals surface area contributed by atoms with Crippen molar-refractivity contribution in [1.29, 1.82) is 0 Å². The van der Waals surface area contributed by atoms with Crippen LogP contribution < -0.4 is 0 Å². The van der Waals surface area contributed by atoms with Gasteiger partial charge in [-0.1, -0.05) is 42.2 Å². The average molecular weight is 514 g/mol. The van der Waals surface area contributed by atoms with Gasteiger partial charge in [0.25, 0.3) is 0 Å². The van der Waals surface area contributed by atoms with Crippen LogP contribution in [-0.4, -0.2) is 66.1 Å². The quantitative estimate of drug-likeness (QED) is 0.394.